The van der Waals surface area contributed by atoms with Gasteiger partial charge in [0.25, 0.3) is 10.0 Å². The van der Waals surface area contributed by atoms with Crippen molar-refractivity contribution in [3.05, 3.63) is 53.6 Å². The topological polar surface area (TPSA) is 130 Å². The molecule has 0 aliphatic heterocycles. The zero-order valence-electron chi connectivity index (χ0n) is 17.4. The second-order valence-electron chi connectivity index (χ2n) is 7.68. The summed E-state index contributed by atoms with van der Waals surface area (Å²) in [6.45, 7) is 1.82. The first-order valence-corrected chi connectivity index (χ1v) is 11.8. The minimum absolute atomic E-state index is 0.00920. The standard InChI is InChI=1S/C21H27N5O4S/c1-15-12-23-20(13-22-15)19(24-14-27)11-16-7-9-18(10-8-16)31(29,30)26-21(28)25-17-5-3-2-4-6-17/h7-10,12-14,17,19H,2-6,11H2,1H3,(H,24,27)(H2,25,26,28). The molecular weight excluding hydrogens is 418 g/mol. The lowest BCUT2D eigenvalue weighted by Gasteiger charge is -2.22. The number of hydrogen-bond donors (Lipinski definition) is 3. The van der Waals surface area contributed by atoms with Gasteiger partial charge in [0.15, 0.2) is 0 Å². The van der Waals surface area contributed by atoms with Gasteiger partial charge in [0, 0.05) is 12.2 Å². The van der Waals surface area contributed by atoms with Crippen LogP contribution >= 0.6 is 0 Å². The largest absolute Gasteiger partial charge is 0.350 e. The van der Waals surface area contributed by atoms with E-state index < -0.39 is 22.1 Å². The lowest BCUT2D eigenvalue weighted by atomic mass is 9.96. The van der Waals surface area contributed by atoms with Gasteiger partial charge in [0.1, 0.15) is 0 Å². The number of amides is 3. The smallest absolute Gasteiger partial charge is 0.328 e. The summed E-state index contributed by atoms with van der Waals surface area (Å²) in [7, 11) is -3.98. The predicted molar refractivity (Wildman–Crippen MR) is 115 cm³/mol. The number of rotatable bonds is 8. The summed E-state index contributed by atoms with van der Waals surface area (Å²) >= 11 is 0. The third kappa shape index (κ3) is 6.48. The van der Waals surface area contributed by atoms with E-state index in [-0.39, 0.29) is 10.9 Å². The zero-order valence-corrected chi connectivity index (χ0v) is 18.2. The molecule has 1 atom stereocenters. The monoisotopic (exact) mass is 445 g/mol. The van der Waals surface area contributed by atoms with Crippen molar-refractivity contribution in [1.29, 1.82) is 0 Å². The molecule has 3 amide bonds. The van der Waals surface area contributed by atoms with Crippen LogP contribution in [0.1, 0.15) is 55.1 Å². The SMILES string of the molecule is Cc1cnc(C(Cc2ccc(S(=O)(=O)NC(=O)NC3CCCCC3)cc2)NC=O)cn1. The fraction of sp³-hybridized carbons (Fsp3) is 0.429. The van der Waals surface area contributed by atoms with Crippen LogP contribution in [0.25, 0.3) is 0 Å². The number of benzene rings is 1. The number of aromatic nitrogens is 2. The predicted octanol–water partition coefficient (Wildman–Crippen LogP) is 2.14. The second kappa shape index (κ2) is 10.3. The summed E-state index contributed by atoms with van der Waals surface area (Å²) < 4.78 is 27.1. The fourth-order valence-corrected chi connectivity index (χ4v) is 4.51. The van der Waals surface area contributed by atoms with Gasteiger partial charge in [-0.25, -0.2) is 17.9 Å². The summed E-state index contributed by atoms with van der Waals surface area (Å²) in [6.07, 6.45) is 9.17. The highest BCUT2D eigenvalue weighted by molar-refractivity contribution is 7.90. The first kappa shape index (κ1) is 22.7. The number of sulfonamides is 1. The first-order chi connectivity index (χ1) is 14.9. The van der Waals surface area contributed by atoms with Gasteiger partial charge in [-0.3, -0.25) is 14.8 Å². The average molecular weight is 446 g/mol. The van der Waals surface area contributed by atoms with E-state index in [4.69, 9.17) is 0 Å². The molecule has 10 heteroatoms. The van der Waals surface area contributed by atoms with Crippen LogP contribution in [-0.4, -0.2) is 36.9 Å². The van der Waals surface area contributed by atoms with Crippen LogP contribution in [0.4, 0.5) is 4.79 Å². The minimum atomic E-state index is -3.98. The molecule has 1 aliphatic rings. The lowest BCUT2D eigenvalue weighted by Crippen LogP contribution is -2.45. The molecule has 0 saturated heterocycles. The quantitative estimate of drug-likeness (QED) is 0.534. The summed E-state index contributed by atoms with van der Waals surface area (Å²) in [5, 5.41) is 5.44. The summed E-state index contributed by atoms with van der Waals surface area (Å²) in [4.78, 5) is 31.6. The molecule has 9 nitrogen and oxygen atoms in total. The summed E-state index contributed by atoms with van der Waals surface area (Å²) in [5.74, 6) is 0. The molecule has 0 radical (unpaired) electrons. The van der Waals surface area contributed by atoms with Crippen molar-refractivity contribution in [2.24, 2.45) is 0 Å². The van der Waals surface area contributed by atoms with E-state index in [1.54, 1.807) is 24.5 Å². The molecule has 1 unspecified atom stereocenters. The highest BCUT2D eigenvalue weighted by Gasteiger charge is 2.21. The Labute approximate surface area is 182 Å². The van der Waals surface area contributed by atoms with Crippen LogP contribution in [0.2, 0.25) is 0 Å². The molecule has 3 rings (SSSR count). The maximum atomic E-state index is 12.5. The zero-order chi connectivity index (χ0) is 22.3. The molecule has 1 heterocycles. The Morgan fingerprint density at radius 2 is 1.84 bits per heavy atom. The molecule has 0 bridgehead atoms. The Bertz CT molecular complexity index is 987. The number of aryl methyl sites for hydroxylation is 1. The van der Waals surface area contributed by atoms with Crippen LogP contribution in [0.15, 0.2) is 41.6 Å². The molecular formula is C21H27N5O4S. The fourth-order valence-electron chi connectivity index (χ4n) is 3.60. The van der Waals surface area contributed by atoms with Gasteiger partial charge in [-0.05, 0) is 43.9 Å². The van der Waals surface area contributed by atoms with Crippen LogP contribution in [-0.2, 0) is 21.2 Å². The van der Waals surface area contributed by atoms with Crippen molar-refractivity contribution >= 4 is 22.5 Å². The van der Waals surface area contributed by atoms with Gasteiger partial charge in [-0.15, -0.1) is 0 Å². The Balaban J connectivity index is 1.64. The van der Waals surface area contributed by atoms with Crippen molar-refractivity contribution < 1.29 is 18.0 Å². The van der Waals surface area contributed by atoms with Gasteiger partial charge >= 0.3 is 6.03 Å². The maximum Gasteiger partial charge on any atom is 0.328 e. The number of carbonyl (C=O) groups excluding carboxylic acids is 2. The van der Waals surface area contributed by atoms with Crippen LogP contribution in [0, 0.1) is 6.92 Å². The molecule has 1 saturated carbocycles. The Morgan fingerprint density at radius 3 is 2.45 bits per heavy atom. The molecule has 1 aromatic heterocycles. The second-order valence-corrected chi connectivity index (χ2v) is 9.36. The third-order valence-corrected chi connectivity index (χ3v) is 6.61. The van der Waals surface area contributed by atoms with Crippen molar-refractivity contribution in [3.8, 4) is 0 Å². The molecule has 31 heavy (non-hydrogen) atoms. The van der Waals surface area contributed by atoms with Gasteiger partial charge < -0.3 is 10.6 Å². The molecule has 0 spiro atoms. The van der Waals surface area contributed by atoms with E-state index >= 15 is 0 Å². The van der Waals surface area contributed by atoms with Gasteiger partial charge in [0.2, 0.25) is 6.41 Å². The Morgan fingerprint density at radius 1 is 1.13 bits per heavy atom. The van der Waals surface area contributed by atoms with E-state index in [9.17, 15) is 18.0 Å². The molecule has 1 aliphatic carbocycles. The van der Waals surface area contributed by atoms with Crippen LogP contribution in [0.3, 0.4) is 0 Å². The Hall–Kier alpha value is -3.01. The highest BCUT2D eigenvalue weighted by atomic mass is 32.2. The normalized spacial score (nSPS) is 15.6. The minimum Gasteiger partial charge on any atom is -0.350 e. The maximum absolute atomic E-state index is 12.5. The van der Waals surface area contributed by atoms with E-state index in [0.717, 1.165) is 43.4 Å². The van der Waals surface area contributed by atoms with Crippen molar-refractivity contribution in [2.75, 3.05) is 0 Å². The number of nitrogens with one attached hydrogen (secondary N) is 3. The number of urea groups is 1. The molecule has 166 valence electrons. The number of hydrogen-bond acceptors (Lipinski definition) is 6. The van der Waals surface area contributed by atoms with Gasteiger partial charge in [-0.1, -0.05) is 31.4 Å². The van der Waals surface area contributed by atoms with Crippen molar-refractivity contribution in [1.82, 2.24) is 25.3 Å². The van der Waals surface area contributed by atoms with Gasteiger partial charge in [-0.2, -0.15) is 0 Å². The van der Waals surface area contributed by atoms with E-state index in [2.05, 4.69) is 25.3 Å². The number of nitrogens with zero attached hydrogens (tertiary/aromatic N) is 2. The van der Waals surface area contributed by atoms with Crippen molar-refractivity contribution in [3.63, 3.8) is 0 Å². The Kier molecular flexibility index (Phi) is 7.56. The van der Waals surface area contributed by atoms with Crippen LogP contribution < -0.4 is 15.4 Å². The van der Waals surface area contributed by atoms with Gasteiger partial charge in [0.05, 0.1) is 28.5 Å². The molecule has 1 fully saturated rings. The van der Waals surface area contributed by atoms with E-state index in [1.807, 2.05) is 6.92 Å². The molecule has 2 aromatic rings. The average Bonchev–Trinajstić information content (AvgIpc) is 2.75. The third-order valence-electron chi connectivity index (χ3n) is 5.27. The summed E-state index contributed by atoms with van der Waals surface area (Å²) in [6, 6.07) is 5.08. The van der Waals surface area contributed by atoms with E-state index in [1.165, 1.54) is 12.1 Å². The highest BCUT2D eigenvalue weighted by Crippen LogP contribution is 2.19. The van der Waals surface area contributed by atoms with E-state index in [0.29, 0.717) is 18.5 Å². The lowest BCUT2D eigenvalue weighted by molar-refractivity contribution is -0.110. The molecule has 1 aromatic carbocycles. The first-order valence-electron chi connectivity index (χ1n) is 10.3. The summed E-state index contributed by atoms with van der Waals surface area (Å²) in [5.41, 5.74) is 2.17. The van der Waals surface area contributed by atoms with Crippen LogP contribution in [0.5, 0.6) is 0 Å². The van der Waals surface area contributed by atoms with Crippen molar-refractivity contribution in [2.45, 2.75) is 62.4 Å². The molecule has 3 N–H and O–H groups in total. The number of carbonyl (C=O) groups is 2.